The van der Waals surface area contributed by atoms with Gasteiger partial charge in [-0.05, 0) is 25.3 Å². The third kappa shape index (κ3) is 4.34. The van der Waals surface area contributed by atoms with Crippen LogP contribution in [0.15, 0.2) is 12.4 Å². The number of hydrogen-bond donors (Lipinski definition) is 2. The fourth-order valence-corrected chi connectivity index (χ4v) is 2.39. The first-order chi connectivity index (χ1) is 9.48. The molecule has 112 valence electrons. The molecule has 2 heterocycles. The highest BCUT2D eigenvalue weighted by atomic mass is 15.2. The SMILES string of the molecule is CN[C@H]1CCN(c2cc(NCCC(C)(C)C)ncn2)C1. The molecule has 5 heteroatoms. The number of anilines is 2. The van der Waals surface area contributed by atoms with Gasteiger partial charge in [0.1, 0.15) is 18.0 Å². The van der Waals surface area contributed by atoms with E-state index >= 15 is 0 Å². The fourth-order valence-electron chi connectivity index (χ4n) is 2.39. The Hall–Kier alpha value is -1.36. The number of nitrogens with zero attached hydrogens (tertiary/aromatic N) is 3. The number of aromatic nitrogens is 2. The third-order valence-electron chi connectivity index (χ3n) is 3.75. The molecule has 0 saturated carbocycles. The molecule has 0 aromatic carbocycles. The zero-order valence-electron chi connectivity index (χ0n) is 13.1. The summed E-state index contributed by atoms with van der Waals surface area (Å²) in [5.41, 5.74) is 0.345. The van der Waals surface area contributed by atoms with Gasteiger partial charge < -0.3 is 15.5 Å². The highest BCUT2D eigenvalue weighted by Crippen LogP contribution is 2.21. The smallest absolute Gasteiger partial charge is 0.134 e. The van der Waals surface area contributed by atoms with Crippen molar-refractivity contribution in [2.45, 2.75) is 39.7 Å². The van der Waals surface area contributed by atoms with Gasteiger partial charge in [0.05, 0.1) is 0 Å². The number of nitrogens with one attached hydrogen (secondary N) is 2. The summed E-state index contributed by atoms with van der Waals surface area (Å²) in [5, 5.41) is 6.73. The first-order valence-corrected chi connectivity index (χ1v) is 7.46. The van der Waals surface area contributed by atoms with Crippen LogP contribution in [-0.4, -0.2) is 42.7 Å². The zero-order chi connectivity index (χ0) is 14.6. The molecular formula is C15H27N5. The Morgan fingerprint density at radius 1 is 1.35 bits per heavy atom. The largest absolute Gasteiger partial charge is 0.370 e. The molecule has 0 amide bonds. The lowest BCUT2D eigenvalue weighted by molar-refractivity contribution is 0.389. The van der Waals surface area contributed by atoms with Crippen molar-refractivity contribution in [1.82, 2.24) is 15.3 Å². The maximum absolute atomic E-state index is 4.39. The summed E-state index contributed by atoms with van der Waals surface area (Å²) < 4.78 is 0. The van der Waals surface area contributed by atoms with Crippen LogP contribution in [0.1, 0.15) is 33.6 Å². The first-order valence-electron chi connectivity index (χ1n) is 7.46. The minimum atomic E-state index is 0.345. The Bertz CT molecular complexity index is 427. The molecule has 2 rings (SSSR count). The average Bonchev–Trinajstić information content (AvgIpc) is 2.86. The van der Waals surface area contributed by atoms with E-state index in [9.17, 15) is 0 Å². The highest BCUT2D eigenvalue weighted by molar-refractivity contribution is 5.49. The lowest BCUT2D eigenvalue weighted by Gasteiger charge is -2.20. The molecule has 0 unspecified atom stereocenters. The highest BCUT2D eigenvalue weighted by Gasteiger charge is 2.22. The Balaban J connectivity index is 1.91. The van der Waals surface area contributed by atoms with E-state index in [1.165, 1.54) is 6.42 Å². The van der Waals surface area contributed by atoms with Gasteiger partial charge in [-0.1, -0.05) is 20.8 Å². The zero-order valence-corrected chi connectivity index (χ0v) is 13.1. The quantitative estimate of drug-likeness (QED) is 0.863. The van der Waals surface area contributed by atoms with Gasteiger partial charge in [-0.25, -0.2) is 9.97 Å². The fraction of sp³-hybridized carbons (Fsp3) is 0.733. The molecule has 1 saturated heterocycles. The van der Waals surface area contributed by atoms with E-state index in [1.807, 2.05) is 7.05 Å². The molecule has 2 N–H and O–H groups in total. The number of likely N-dealkylation sites (N-methyl/N-ethyl adjacent to an activating group) is 1. The van der Waals surface area contributed by atoms with E-state index in [1.54, 1.807) is 6.33 Å². The van der Waals surface area contributed by atoms with Crippen molar-refractivity contribution in [1.29, 1.82) is 0 Å². The Labute approximate surface area is 122 Å². The van der Waals surface area contributed by atoms with Crippen molar-refractivity contribution in [3.05, 3.63) is 12.4 Å². The van der Waals surface area contributed by atoms with Crippen molar-refractivity contribution in [3.63, 3.8) is 0 Å². The Morgan fingerprint density at radius 3 is 2.80 bits per heavy atom. The van der Waals surface area contributed by atoms with Crippen molar-refractivity contribution in [2.75, 3.05) is 36.9 Å². The molecule has 0 bridgehead atoms. The van der Waals surface area contributed by atoms with E-state index in [2.05, 4.69) is 52.3 Å². The summed E-state index contributed by atoms with van der Waals surface area (Å²) in [6, 6.07) is 2.63. The summed E-state index contributed by atoms with van der Waals surface area (Å²) in [4.78, 5) is 11.0. The van der Waals surface area contributed by atoms with Gasteiger partial charge >= 0.3 is 0 Å². The molecule has 1 aromatic heterocycles. The minimum absolute atomic E-state index is 0.345. The van der Waals surface area contributed by atoms with Crippen LogP contribution in [0.3, 0.4) is 0 Å². The maximum Gasteiger partial charge on any atom is 0.134 e. The molecule has 0 aliphatic carbocycles. The van der Waals surface area contributed by atoms with E-state index in [-0.39, 0.29) is 0 Å². The van der Waals surface area contributed by atoms with Crippen LogP contribution < -0.4 is 15.5 Å². The predicted octanol–water partition coefficient (Wildman–Crippen LogP) is 2.12. The van der Waals surface area contributed by atoms with Gasteiger partial charge in [-0.3, -0.25) is 0 Å². The molecule has 20 heavy (non-hydrogen) atoms. The van der Waals surface area contributed by atoms with Crippen LogP contribution >= 0.6 is 0 Å². The van der Waals surface area contributed by atoms with Crippen molar-refractivity contribution >= 4 is 11.6 Å². The number of rotatable bonds is 5. The maximum atomic E-state index is 4.39. The number of hydrogen-bond acceptors (Lipinski definition) is 5. The minimum Gasteiger partial charge on any atom is -0.370 e. The lowest BCUT2D eigenvalue weighted by atomic mass is 9.92. The normalized spacial score (nSPS) is 19.4. The molecule has 0 radical (unpaired) electrons. The van der Waals surface area contributed by atoms with Crippen LogP contribution in [-0.2, 0) is 0 Å². The third-order valence-corrected chi connectivity index (χ3v) is 3.75. The standard InChI is InChI=1S/C15H27N5/c1-15(2,3)6-7-17-13-9-14(19-11-18-13)20-8-5-12(10-20)16-4/h9,11-12,16H,5-8,10H2,1-4H3,(H,17,18,19)/t12-/m0/s1. The topological polar surface area (TPSA) is 53.1 Å². The van der Waals surface area contributed by atoms with Gasteiger partial charge in [-0.2, -0.15) is 0 Å². The van der Waals surface area contributed by atoms with E-state index < -0.39 is 0 Å². The molecule has 1 atom stereocenters. The summed E-state index contributed by atoms with van der Waals surface area (Å²) in [6.07, 6.45) is 3.95. The predicted molar refractivity (Wildman–Crippen MR) is 84.3 cm³/mol. The Morgan fingerprint density at radius 2 is 2.15 bits per heavy atom. The summed E-state index contributed by atoms with van der Waals surface area (Å²) in [7, 11) is 2.02. The van der Waals surface area contributed by atoms with Crippen LogP contribution in [0.4, 0.5) is 11.6 Å². The van der Waals surface area contributed by atoms with Crippen LogP contribution in [0, 0.1) is 5.41 Å². The van der Waals surface area contributed by atoms with Crippen LogP contribution in [0.2, 0.25) is 0 Å². The molecule has 1 aliphatic rings. The summed E-state index contributed by atoms with van der Waals surface area (Å²) in [6.45, 7) is 9.78. The first kappa shape index (κ1) is 15.0. The van der Waals surface area contributed by atoms with Crippen molar-refractivity contribution in [3.8, 4) is 0 Å². The average molecular weight is 277 g/mol. The molecule has 1 aliphatic heterocycles. The van der Waals surface area contributed by atoms with Crippen molar-refractivity contribution in [2.24, 2.45) is 5.41 Å². The molecule has 5 nitrogen and oxygen atoms in total. The van der Waals surface area contributed by atoms with Crippen LogP contribution in [0.5, 0.6) is 0 Å². The van der Waals surface area contributed by atoms with Gasteiger partial charge in [-0.15, -0.1) is 0 Å². The molecule has 1 aromatic rings. The second kappa shape index (κ2) is 6.39. The summed E-state index contributed by atoms with van der Waals surface area (Å²) in [5.74, 6) is 1.95. The van der Waals surface area contributed by atoms with Crippen LogP contribution in [0.25, 0.3) is 0 Å². The van der Waals surface area contributed by atoms with Gasteiger partial charge in [0, 0.05) is 31.7 Å². The Kier molecular flexibility index (Phi) is 4.81. The van der Waals surface area contributed by atoms with Gasteiger partial charge in [0.2, 0.25) is 0 Å². The van der Waals surface area contributed by atoms with E-state index in [0.717, 1.165) is 37.7 Å². The van der Waals surface area contributed by atoms with E-state index in [0.29, 0.717) is 11.5 Å². The summed E-state index contributed by atoms with van der Waals surface area (Å²) >= 11 is 0. The lowest BCUT2D eigenvalue weighted by Crippen LogP contribution is -2.29. The second-order valence-electron chi connectivity index (χ2n) is 6.72. The molecule has 0 spiro atoms. The van der Waals surface area contributed by atoms with E-state index in [4.69, 9.17) is 0 Å². The molecular weight excluding hydrogens is 250 g/mol. The van der Waals surface area contributed by atoms with Crippen molar-refractivity contribution < 1.29 is 0 Å². The monoisotopic (exact) mass is 277 g/mol. The molecule has 1 fully saturated rings. The van der Waals surface area contributed by atoms with Gasteiger partial charge in [0.25, 0.3) is 0 Å². The van der Waals surface area contributed by atoms with Gasteiger partial charge in [0.15, 0.2) is 0 Å². The second-order valence-corrected chi connectivity index (χ2v) is 6.72.